The Kier molecular flexibility index (Phi) is 4.55. The van der Waals surface area contributed by atoms with E-state index < -0.39 is 0 Å². The second-order valence-corrected chi connectivity index (χ2v) is 7.60. The normalized spacial score (nSPS) is 17.0. The maximum Gasteiger partial charge on any atom is 0.264 e. The lowest BCUT2D eigenvalue weighted by atomic mass is 10.1. The number of likely N-dealkylation sites (tertiary alicyclic amines) is 1. The topological polar surface area (TPSA) is 33.2 Å². The van der Waals surface area contributed by atoms with Crippen molar-refractivity contribution < 1.29 is 4.79 Å². The van der Waals surface area contributed by atoms with Crippen LogP contribution in [0.2, 0.25) is 5.02 Å². The molecule has 3 aromatic rings. The maximum atomic E-state index is 13.0. The van der Waals surface area contributed by atoms with E-state index in [-0.39, 0.29) is 11.9 Å². The largest absolute Gasteiger partial charge is 0.329 e. The van der Waals surface area contributed by atoms with Gasteiger partial charge in [0.15, 0.2) is 0 Å². The molecule has 5 heteroatoms. The van der Waals surface area contributed by atoms with E-state index >= 15 is 0 Å². The van der Waals surface area contributed by atoms with E-state index in [0.29, 0.717) is 5.02 Å². The first-order chi connectivity index (χ1) is 12.2. The number of rotatable bonds is 3. The lowest BCUT2D eigenvalue weighted by molar-refractivity contribution is 0.0738. The van der Waals surface area contributed by atoms with Crippen LogP contribution in [-0.2, 0) is 0 Å². The van der Waals surface area contributed by atoms with Crippen molar-refractivity contribution in [2.24, 2.45) is 0 Å². The molecule has 1 aliphatic heterocycles. The van der Waals surface area contributed by atoms with Crippen LogP contribution < -0.4 is 0 Å². The lowest BCUT2D eigenvalue weighted by Crippen LogP contribution is -2.30. The summed E-state index contributed by atoms with van der Waals surface area (Å²) in [5.74, 6) is 0.0957. The molecule has 0 spiro atoms. The summed E-state index contributed by atoms with van der Waals surface area (Å²) in [5, 5.41) is 0.715. The van der Waals surface area contributed by atoms with Gasteiger partial charge < -0.3 is 4.90 Å². The molecule has 1 aliphatic rings. The van der Waals surface area contributed by atoms with Crippen LogP contribution in [0.5, 0.6) is 0 Å². The molecule has 0 N–H and O–H groups in total. The third kappa shape index (κ3) is 3.32. The molecule has 3 nitrogen and oxygen atoms in total. The van der Waals surface area contributed by atoms with Crippen LogP contribution in [0.4, 0.5) is 0 Å². The number of hydrogen-bond donors (Lipinski definition) is 0. The number of carbonyl (C=O) groups excluding carboxylic acids is 1. The van der Waals surface area contributed by atoms with Gasteiger partial charge in [0, 0.05) is 22.6 Å². The smallest absolute Gasteiger partial charge is 0.264 e. The molecule has 1 aromatic carbocycles. The zero-order valence-electron chi connectivity index (χ0n) is 13.6. The summed E-state index contributed by atoms with van der Waals surface area (Å²) in [4.78, 5) is 21.3. The highest BCUT2D eigenvalue weighted by atomic mass is 35.5. The molecule has 0 bridgehead atoms. The predicted octanol–water partition coefficient (Wildman–Crippen LogP) is 5.44. The number of benzene rings is 1. The minimum atomic E-state index is 0.0785. The highest BCUT2D eigenvalue weighted by molar-refractivity contribution is 7.17. The third-order valence-corrected chi connectivity index (χ3v) is 5.86. The fraction of sp³-hybridized carbons (Fsp3) is 0.200. The molecule has 126 valence electrons. The minimum Gasteiger partial charge on any atom is -0.329 e. The Hall–Kier alpha value is -2.17. The van der Waals surface area contributed by atoms with E-state index in [9.17, 15) is 4.79 Å². The van der Waals surface area contributed by atoms with E-state index in [2.05, 4.69) is 4.98 Å². The van der Waals surface area contributed by atoms with Crippen molar-refractivity contribution in [2.45, 2.75) is 18.9 Å². The van der Waals surface area contributed by atoms with Gasteiger partial charge in [-0.3, -0.25) is 9.78 Å². The number of nitrogens with zero attached hydrogens (tertiary/aromatic N) is 2. The number of thiophene rings is 1. The van der Waals surface area contributed by atoms with Gasteiger partial charge in [0.1, 0.15) is 0 Å². The summed E-state index contributed by atoms with van der Waals surface area (Å²) in [6, 6.07) is 17.6. The highest BCUT2D eigenvalue weighted by Gasteiger charge is 2.32. The number of halogens is 1. The predicted molar refractivity (Wildman–Crippen MR) is 102 cm³/mol. The summed E-state index contributed by atoms with van der Waals surface area (Å²) in [6.45, 7) is 0.786. The van der Waals surface area contributed by atoms with Crippen LogP contribution in [-0.4, -0.2) is 22.3 Å². The molecule has 1 amide bonds. The van der Waals surface area contributed by atoms with Crippen molar-refractivity contribution in [3.05, 3.63) is 76.4 Å². The minimum absolute atomic E-state index is 0.0785. The van der Waals surface area contributed by atoms with E-state index in [1.807, 2.05) is 59.5 Å². The second kappa shape index (κ2) is 6.98. The first-order valence-electron chi connectivity index (χ1n) is 8.30. The molecular formula is C20H17ClN2OS. The first-order valence-corrected chi connectivity index (χ1v) is 9.49. The van der Waals surface area contributed by atoms with Gasteiger partial charge in [-0.25, -0.2) is 0 Å². The first kappa shape index (κ1) is 16.3. The lowest BCUT2D eigenvalue weighted by Gasteiger charge is -2.23. The van der Waals surface area contributed by atoms with Crippen molar-refractivity contribution in [1.82, 2.24) is 9.88 Å². The average Bonchev–Trinajstić information content (AvgIpc) is 3.32. The third-order valence-electron chi connectivity index (χ3n) is 4.49. The Bertz CT molecular complexity index is 876. The summed E-state index contributed by atoms with van der Waals surface area (Å²) < 4.78 is 0. The fourth-order valence-electron chi connectivity index (χ4n) is 3.25. The molecular weight excluding hydrogens is 352 g/mol. The molecule has 0 radical (unpaired) electrons. The molecule has 2 aromatic heterocycles. The van der Waals surface area contributed by atoms with Gasteiger partial charge in [-0.05, 0) is 54.8 Å². The highest BCUT2D eigenvalue weighted by Crippen LogP contribution is 2.35. The van der Waals surface area contributed by atoms with Crippen molar-refractivity contribution in [3.63, 3.8) is 0 Å². The van der Waals surface area contributed by atoms with Crippen LogP contribution in [0.1, 0.15) is 34.2 Å². The number of pyridine rings is 1. The van der Waals surface area contributed by atoms with Gasteiger partial charge >= 0.3 is 0 Å². The Labute approximate surface area is 155 Å². The Balaban J connectivity index is 1.58. The molecule has 0 saturated carbocycles. The molecule has 1 fully saturated rings. The van der Waals surface area contributed by atoms with Gasteiger partial charge in [0.25, 0.3) is 5.91 Å². The van der Waals surface area contributed by atoms with Gasteiger partial charge in [0.2, 0.25) is 0 Å². The molecule has 3 heterocycles. The number of carbonyl (C=O) groups is 1. The zero-order valence-corrected chi connectivity index (χ0v) is 15.1. The van der Waals surface area contributed by atoms with Gasteiger partial charge in [-0.1, -0.05) is 29.8 Å². The zero-order chi connectivity index (χ0) is 17.2. The number of aromatic nitrogens is 1. The molecule has 4 rings (SSSR count). The maximum absolute atomic E-state index is 13.0. The fourth-order valence-corrected chi connectivity index (χ4v) is 4.35. The van der Waals surface area contributed by atoms with Crippen molar-refractivity contribution >= 4 is 28.8 Å². The molecule has 0 aliphatic carbocycles. The van der Waals surface area contributed by atoms with Crippen molar-refractivity contribution in [3.8, 4) is 10.4 Å². The molecule has 1 unspecified atom stereocenters. The van der Waals surface area contributed by atoms with E-state index in [4.69, 9.17) is 11.6 Å². The van der Waals surface area contributed by atoms with Crippen molar-refractivity contribution in [1.29, 1.82) is 0 Å². The van der Waals surface area contributed by atoms with Crippen LogP contribution in [0.15, 0.2) is 60.8 Å². The van der Waals surface area contributed by atoms with Gasteiger partial charge in [0.05, 0.1) is 16.6 Å². The Morgan fingerprint density at radius 3 is 2.72 bits per heavy atom. The molecule has 1 atom stereocenters. The number of amides is 1. The van der Waals surface area contributed by atoms with Crippen molar-refractivity contribution in [2.75, 3.05) is 6.54 Å². The van der Waals surface area contributed by atoms with E-state index in [1.54, 1.807) is 6.20 Å². The average molecular weight is 369 g/mol. The summed E-state index contributed by atoms with van der Waals surface area (Å²) in [7, 11) is 0. The van der Waals surface area contributed by atoms with Gasteiger partial charge in [-0.2, -0.15) is 0 Å². The summed E-state index contributed by atoms with van der Waals surface area (Å²) >= 11 is 7.48. The monoisotopic (exact) mass is 368 g/mol. The SMILES string of the molecule is O=C(c1ccc(-c2ccc(Cl)cc2)s1)N1CCCC1c1ccccn1. The Morgan fingerprint density at radius 2 is 1.96 bits per heavy atom. The van der Waals surface area contributed by atoms with Crippen LogP contribution in [0.3, 0.4) is 0 Å². The molecule has 25 heavy (non-hydrogen) atoms. The Morgan fingerprint density at radius 1 is 1.12 bits per heavy atom. The summed E-state index contributed by atoms with van der Waals surface area (Å²) in [5.41, 5.74) is 2.05. The van der Waals surface area contributed by atoms with Gasteiger partial charge in [-0.15, -0.1) is 11.3 Å². The van der Waals surface area contributed by atoms with Crippen LogP contribution in [0, 0.1) is 0 Å². The van der Waals surface area contributed by atoms with Crippen LogP contribution >= 0.6 is 22.9 Å². The standard InChI is InChI=1S/C20H17ClN2OS/c21-15-8-6-14(7-9-15)18-10-11-19(25-18)20(24)23-13-3-5-17(23)16-4-1-2-12-22-16/h1-2,4,6-12,17H,3,5,13H2. The second-order valence-electron chi connectivity index (χ2n) is 6.08. The van der Waals surface area contributed by atoms with E-state index in [1.165, 1.54) is 11.3 Å². The summed E-state index contributed by atoms with van der Waals surface area (Å²) in [6.07, 6.45) is 3.78. The number of hydrogen-bond acceptors (Lipinski definition) is 3. The molecule has 1 saturated heterocycles. The van der Waals surface area contributed by atoms with E-state index in [0.717, 1.165) is 40.4 Å². The quantitative estimate of drug-likeness (QED) is 0.616. The van der Waals surface area contributed by atoms with Crippen LogP contribution in [0.25, 0.3) is 10.4 Å².